The Kier molecular flexibility index (Phi) is 3.07. The Morgan fingerprint density at radius 3 is 2.53 bits per heavy atom. The van der Waals surface area contributed by atoms with E-state index in [0.29, 0.717) is 0 Å². The second-order valence-corrected chi connectivity index (χ2v) is 6.09. The first-order chi connectivity index (χ1) is 9.07. The first kappa shape index (κ1) is 12.6. The van der Waals surface area contributed by atoms with Gasteiger partial charge in [0.05, 0.1) is 5.54 Å². The Labute approximate surface area is 120 Å². The summed E-state index contributed by atoms with van der Waals surface area (Å²) in [6.07, 6.45) is 2.59. The highest BCUT2D eigenvalue weighted by molar-refractivity contribution is 9.10. The molecule has 1 aliphatic rings. The van der Waals surface area contributed by atoms with Gasteiger partial charge in [-0.3, -0.25) is 4.79 Å². The van der Waals surface area contributed by atoms with Crippen molar-refractivity contribution in [3.8, 4) is 0 Å². The van der Waals surface area contributed by atoms with Crippen LogP contribution in [0.25, 0.3) is 10.8 Å². The lowest BCUT2D eigenvalue weighted by Gasteiger charge is -2.36. The summed E-state index contributed by atoms with van der Waals surface area (Å²) in [5.74, 6) is -0.0739. The fourth-order valence-corrected chi connectivity index (χ4v) is 2.71. The highest BCUT2D eigenvalue weighted by atomic mass is 79.9. The van der Waals surface area contributed by atoms with E-state index in [4.69, 9.17) is 5.73 Å². The molecule has 3 nitrogen and oxygen atoms in total. The molecule has 0 aromatic heterocycles. The normalized spacial score (nSPS) is 16.9. The second kappa shape index (κ2) is 4.62. The molecule has 98 valence electrons. The van der Waals surface area contributed by atoms with Crippen molar-refractivity contribution in [3.05, 3.63) is 40.9 Å². The van der Waals surface area contributed by atoms with Gasteiger partial charge in [0, 0.05) is 10.2 Å². The van der Waals surface area contributed by atoms with Crippen LogP contribution in [0.3, 0.4) is 0 Å². The number of fused-ring (bicyclic) bond motifs is 1. The van der Waals surface area contributed by atoms with Crippen molar-refractivity contribution in [2.45, 2.75) is 24.8 Å². The lowest BCUT2D eigenvalue weighted by atomic mass is 9.77. The summed E-state index contributed by atoms with van der Waals surface area (Å²) >= 11 is 3.45. The van der Waals surface area contributed by atoms with Gasteiger partial charge in [0.15, 0.2) is 0 Å². The van der Waals surface area contributed by atoms with Gasteiger partial charge in [-0.1, -0.05) is 28.1 Å². The fraction of sp³-hybridized carbons (Fsp3) is 0.267. The van der Waals surface area contributed by atoms with Crippen LogP contribution in [-0.4, -0.2) is 11.4 Å². The third-order valence-electron chi connectivity index (χ3n) is 3.76. The quantitative estimate of drug-likeness (QED) is 0.891. The van der Waals surface area contributed by atoms with E-state index >= 15 is 0 Å². The predicted octanol–water partition coefficient (Wildman–Crippen LogP) is 3.42. The molecule has 0 atom stereocenters. The van der Waals surface area contributed by atoms with E-state index < -0.39 is 5.54 Å². The third kappa shape index (κ3) is 2.38. The van der Waals surface area contributed by atoms with Crippen LogP contribution in [0.1, 0.15) is 19.3 Å². The Morgan fingerprint density at radius 2 is 1.84 bits per heavy atom. The molecule has 0 unspecified atom stereocenters. The van der Waals surface area contributed by atoms with Gasteiger partial charge < -0.3 is 11.1 Å². The Bertz CT molecular complexity index is 650. The predicted molar refractivity (Wildman–Crippen MR) is 81.0 cm³/mol. The van der Waals surface area contributed by atoms with Crippen molar-refractivity contribution in [2.24, 2.45) is 5.73 Å². The van der Waals surface area contributed by atoms with Crippen molar-refractivity contribution in [3.63, 3.8) is 0 Å². The number of nitrogens with one attached hydrogen (secondary N) is 1. The molecule has 3 rings (SSSR count). The minimum absolute atomic E-state index is 0.0739. The minimum atomic E-state index is -0.658. The summed E-state index contributed by atoms with van der Waals surface area (Å²) in [5.41, 5.74) is 6.15. The van der Waals surface area contributed by atoms with Crippen LogP contribution in [0.5, 0.6) is 0 Å². The lowest BCUT2D eigenvalue weighted by Crippen LogP contribution is -2.56. The molecule has 0 bridgehead atoms. The molecule has 0 saturated heterocycles. The van der Waals surface area contributed by atoms with E-state index in [1.807, 2.05) is 30.3 Å². The van der Waals surface area contributed by atoms with Gasteiger partial charge in [-0.25, -0.2) is 0 Å². The van der Waals surface area contributed by atoms with E-state index in [1.165, 1.54) is 0 Å². The molecule has 2 aromatic carbocycles. The van der Waals surface area contributed by atoms with Crippen molar-refractivity contribution in [1.29, 1.82) is 0 Å². The summed E-state index contributed by atoms with van der Waals surface area (Å²) in [4.78, 5) is 12.1. The molecule has 3 N–H and O–H groups in total. The molecule has 0 heterocycles. The van der Waals surface area contributed by atoms with Crippen LogP contribution >= 0.6 is 15.9 Å². The van der Waals surface area contributed by atoms with Gasteiger partial charge in [0.1, 0.15) is 0 Å². The number of benzene rings is 2. The molecular formula is C15H15BrN2O. The lowest BCUT2D eigenvalue weighted by molar-refractivity contribution is -0.123. The third-order valence-corrected chi connectivity index (χ3v) is 4.25. The van der Waals surface area contributed by atoms with Crippen molar-refractivity contribution in [1.82, 2.24) is 0 Å². The summed E-state index contributed by atoms with van der Waals surface area (Å²) in [5, 5.41) is 5.15. The molecule has 1 aliphatic carbocycles. The Hall–Kier alpha value is -1.39. The topological polar surface area (TPSA) is 55.1 Å². The Balaban J connectivity index is 1.85. The van der Waals surface area contributed by atoms with Gasteiger partial charge >= 0.3 is 0 Å². The van der Waals surface area contributed by atoms with E-state index in [0.717, 1.165) is 40.2 Å². The van der Waals surface area contributed by atoms with Crippen LogP contribution in [0.15, 0.2) is 40.9 Å². The number of amides is 1. The van der Waals surface area contributed by atoms with E-state index in [1.54, 1.807) is 0 Å². The summed E-state index contributed by atoms with van der Waals surface area (Å²) < 4.78 is 1.05. The number of nitrogens with two attached hydrogens (primary N) is 1. The highest BCUT2D eigenvalue weighted by Crippen LogP contribution is 2.31. The van der Waals surface area contributed by atoms with Crippen molar-refractivity contribution < 1.29 is 4.79 Å². The summed E-state index contributed by atoms with van der Waals surface area (Å²) in [7, 11) is 0. The van der Waals surface area contributed by atoms with Crippen LogP contribution in [0, 0.1) is 0 Å². The Morgan fingerprint density at radius 1 is 1.16 bits per heavy atom. The highest BCUT2D eigenvalue weighted by Gasteiger charge is 2.40. The molecule has 0 radical (unpaired) electrons. The number of hydrogen-bond acceptors (Lipinski definition) is 2. The van der Waals surface area contributed by atoms with Crippen LogP contribution in [0.4, 0.5) is 5.69 Å². The average Bonchev–Trinajstić information content (AvgIpc) is 2.36. The molecule has 2 aromatic rings. The second-order valence-electron chi connectivity index (χ2n) is 5.17. The van der Waals surface area contributed by atoms with Gasteiger partial charge in [0.25, 0.3) is 0 Å². The summed E-state index contributed by atoms with van der Waals surface area (Å²) in [6.45, 7) is 0. The molecule has 19 heavy (non-hydrogen) atoms. The monoisotopic (exact) mass is 318 g/mol. The smallest absolute Gasteiger partial charge is 0.244 e. The zero-order valence-corrected chi connectivity index (χ0v) is 12.0. The largest absolute Gasteiger partial charge is 0.324 e. The van der Waals surface area contributed by atoms with E-state index in [9.17, 15) is 4.79 Å². The maximum Gasteiger partial charge on any atom is 0.244 e. The van der Waals surface area contributed by atoms with E-state index in [-0.39, 0.29) is 5.91 Å². The molecular weight excluding hydrogens is 304 g/mol. The van der Waals surface area contributed by atoms with Crippen LogP contribution < -0.4 is 11.1 Å². The van der Waals surface area contributed by atoms with E-state index in [2.05, 4.69) is 27.3 Å². The standard InChI is InChI=1S/C15H15BrN2O/c16-12-4-2-11-9-13(5-3-10(11)8-12)18-14(19)15(17)6-1-7-15/h2-5,8-9H,1,6-7,17H2,(H,18,19). The van der Waals surface area contributed by atoms with Crippen molar-refractivity contribution >= 4 is 38.3 Å². The number of halogens is 1. The van der Waals surface area contributed by atoms with Gasteiger partial charge in [-0.2, -0.15) is 0 Å². The molecule has 1 fully saturated rings. The molecule has 0 aliphatic heterocycles. The minimum Gasteiger partial charge on any atom is -0.324 e. The summed E-state index contributed by atoms with van der Waals surface area (Å²) in [6, 6.07) is 12.0. The average molecular weight is 319 g/mol. The van der Waals surface area contributed by atoms with Crippen molar-refractivity contribution in [2.75, 3.05) is 5.32 Å². The number of hydrogen-bond donors (Lipinski definition) is 2. The molecule has 1 amide bonds. The number of anilines is 1. The molecule has 0 spiro atoms. The maximum atomic E-state index is 12.1. The maximum absolute atomic E-state index is 12.1. The molecule has 1 saturated carbocycles. The van der Waals surface area contributed by atoms with Gasteiger partial charge in [-0.05, 0) is 54.3 Å². The first-order valence-corrected chi connectivity index (χ1v) is 7.16. The van der Waals surface area contributed by atoms with Crippen LogP contribution in [-0.2, 0) is 4.79 Å². The van der Waals surface area contributed by atoms with Gasteiger partial charge in [-0.15, -0.1) is 0 Å². The fourth-order valence-electron chi connectivity index (χ4n) is 2.33. The van der Waals surface area contributed by atoms with Crippen LogP contribution in [0.2, 0.25) is 0 Å². The zero-order chi connectivity index (χ0) is 13.5. The number of rotatable bonds is 2. The number of carbonyl (C=O) groups excluding carboxylic acids is 1. The first-order valence-electron chi connectivity index (χ1n) is 6.36. The zero-order valence-electron chi connectivity index (χ0n) is 10.4. The SMILES string of the molecule is NC1(C(=O)Nc2ccc3cc(Br)ccc3c2)CCC1. The molecule has 4 heteroatoms. The number of carbonyl (C=O) groups is 1. The van der Waals surface area contributed by atoms with Gasteiger partial charge in [0.2, 0.25) is 5.91 Å².